The highest BCUT2D eigenvalue weighted by Crippen LogP contribution is 2.34. The summed E-state index contributed by atoms with van der Waals surface area (Å²) < 4.78 is 1.83. The second-order valence-corrected chi connectivity index (χ2v) is 9.11. The van der Waals surface area contributed by atoms with Crippen LogP contribution in [0.5, 0.6) is 0 Å². The van der Waals surface area contributed by atoms with Crippen LogP contribution in [-0.4, -0.2) is 40.7 Å². The second-order valence-electron chi connectivity index (χ2n) is 7.64. The Kier molecular flexibility index (Phi) is 6.70. The van der Waals surface area contributed by atoms with Crippen LogP contribution in [0.1, 0.15) is 21.7 Å². The maximum absolute atomic E-state index is 12.7. The highest BCUT2D eigenvalue weighted by atomic mass is 35.5. The van der Waals surface area contributed by atoms with Gasteiger partial charge in [0.1, 0.15) is 10.5 Å². The van der Waals surface area contributed by atoms with Crippen molar-refractivity contribution < 1.29 is 4.79 Å². The van der Waals surface area contributed by atoms with Gasteiger partial charge < -0.3 is 10.2 Å². The lowest BCUT2D eigenvalue weighted by molar-refractivity contribution is 0.0956. The quantitative estimate of drug-likeness (QED) is 0.373. The molecule has 5 nitrogen and oxygen atoms in total. The van der Waals surface area contributed by atoms with Crippen molar-refractivity contribution in [2.75, 3.05) is 20.1 Å². The number of nitrogens with one attached hydrogen (secondary N) is 1. The van der Waals surface area contributed by atoms with Gasteiger partial charge in [-0.15, -0.1) is 11.3 Å². The van der Waals surface area contributed by atoms with Crippen molar-refractivity contribution in [3.05, 3.63) is 76.1 Å². The molecule has 2 aromatic carbocycles. The fraction of sp³-hybridized carbons (Fsp3) is 0.250. The van der Waals surface area contributed by atoms with Crippen molar-refractivity contribution in [2.45, 2.75) is 13.0 Å². The minimum atomic E-state index is -0.0334. The predicted molar refractivity (Wildman–Crippen MR) is 129 cm³/mol. The minimum Gasteiger partial charge on any atom is -0.351 e. The van der Waals surface area contributed by atoms with Crippen LogP contribution in [0.3, 0.4) is 0 Å². The maximum atomic E-state index is 12.7. The first-order valence-electron chi connectivity index (χ1n) is 10.2. The first kappa shape index (κ1) is 21.6. The number of aryl methyl sites for hydroxylation is 1. The zero-order chi connectivity index (χ0) is 21.8. The number of fused-ring (bicyclic) bond motifs is 1. The van der Waals surface area contributed by atoms with Crippen molar-refractivity contribution in [3.63, 3.8) is 0 Å². The van der Waals surface area contributed by atoms with E-state index in [2.05, 4.69) is 46.6 Å². The standard InChI is InChI=1S/C24H25ClN4OS/c1-28(16-17-7-4-3-5-8-17)14-6-13-26-23(30)21-15-20-22(27-29(2)24(20)31-21)18-9-11-19(25)12-10-18/h3-5,7-12,15H,6,13-14,16H2,1-2H3,(H,26,30). The van der Waals surface area contributed by atoms with Crippen LogP contribution in [0.25, 0.3) is 21.5 Å². The molecule has 0 aliphatic heterocycles. The van der Waals surface area contributed by atoms with Gasteiger partial charge in [-0.05, 0) is 43.8 Å². The smallest absolute Gasteiger partial charge is 0.261 e. The monoisotopic (exact) mass is 452 g/mol. The fourth-order valence-corrected chi connectivity index (χ4v) is 4.70. The summed E-state index contributed by atoms with van der Waals surface area (Å²) in [6.07, 6.45) is 0.900. The average molecular weight is 453 g/mol. The Hall–Kier alpha value is -2.67. The Labute approximate surface area is 191 Å². The molecule has 2 heterocycles. The largest absolute Gasteiger partial charge is 0.351 e. The molecule has 0 spiro atoms. The Balaban J connectivity index is 1.35. The van der Waals surface area contributed by atoms with Crippen LogP contribution < -0.4 is 5.32 Å². The molecular weight excluding hydrogens is 428 g/mol. The normalized spacial score (nSPS) is 11.4. The lowest BCUT2D eigenvalue weighted by Gasteiger charge is -2.16. The molecule has 0 radical (unpaired) electrons. The summed E-state index contributed by atoms with van der Waals surface area (Å²) >= 11 is 7.48. The Morgan fingerprint density at radius 3 is 2.65 bits per heavy atom. The van der Waals surface area contributed by atoms with Crippen molar-refractivity contribution in [3.8, 4) is 11.3 Å². The van der Waals surface area contributed by atoms with E-state index < -0.39 is 0 Å². The molecule has 0 aliphatic carbocycles. The summed E-state index contributed by atoms with van der Waals surface area (Å²) in [7, 11) is 4.01. The molecule has 31 heavy (non-hydrogen) atoms. The third kappa shape index (κ3) is 5.15. The van der Waals surface area contributed by atoms with Gasteiger partial charge in [-0.2, -0.15) is 5.10 Å². The number of carbonyl (C=O) groups excluding carboxylic acids is 1. The highest BCUT2D eigenvalue weighted by Gasteiger charge is 2.17. The molecule has 0 bridgehead atoms. The summed E-state index contributed by atoms with van der Waals surface area (Å²) in [5.74, 6) is -0.0334. The summed E-state index contributed by atoms with van der Waals surface area (Å²) in [5.41, 5.74) is 3.15. The first-order chi connectivity index (χ1) is 15.0. The van der Waals surface area contributed by atoms with Gasteiger partial charge in [-0.3, -0.25) is 9.48 Å². The average Bonchev–Trinajstić information content (AvgIpc) is 3.33. The van der Waals surface area contributed by atoms with E-state index in [1.54, 1.807) is 0 Å². The maximum Gasteiger partial charge on any atom is 0.261 e. The summed E-state index contributed by atoms with van der Waals surface area (Å²) in [5, 5.41) is 9.36. The Morgan fingerprint density at radius 1 is 1.16 bits per heavy atom. The summed E-state index contributed by atoms with van der Waals surface area (Å²) in [6.45, 7) is 2.48. The number of rotatable bonds is 8. The SMILES string of the molecule is CN(CCCNC(=O)c1cc2c(-c3ccc(Cl)cc3)nn(C)c2s1)Cc1ccccc1. The summed E-state index contributed by atoms with van der Waals surface area (Å²) in [6, 6.07) is 20.0. The molecule has 0 saturated heterocycles. The highest BCUT2D eigenvalue weighted by molar-refractivity contribution is 7.20. The van der Waals surface area contributed by atoms with Gasteiger partial charge in [0.2, 0.25) is 0 Å². The molecule has 7 heteroatoms. The predicted octanol–water partition coefficient (Wildman–Crippen LogP) is 5.21. The molecule has 0 fully saturated rings. The van der Waals surface area contributed by atoms with E-state index in [1.807, 2.05) is 48.1 Å². The third-order valence-electron chi connectivity index (χ3n) is 5.15. The fourth-order valence-electron chi connectivity index (χ4n) is 3.59. The molecule has 0 unspecified atom stereocenters. The van der Waals surface area contributed by atoms with Crippen LogP contribution in [-0.2, 0) is 13.6 Å². The first-order valence-corrected chi connectivity index (χ1v) is 11.4. The van der Waals surface area contributed by atoms with E-state index in [1.165, 1.54) is 16.9 Å². The topological polar surface area (TPSA) is 50.2 Å². The zero-order valence-corrected chi connectivity index (χ0v) is 19.2. The van der Waals surface area contributed by atoms with E-state index in [-0.39, 0.29) is 5.91 Å². The zero-order valence-electron chi connectivity index (χ0n) is 17.6. The van der Waals surface area contributed by atoms with Crippen molar-refractivity contribution in [2.24, 2.45) is 7.05 Å². The van der Waals surface area contributed by atoms with Crippen LogP contribution >= 0.6 is 22.9 Å². The number of halogens is 1. The second kappa shape index (κ2) is 9.64. The van der Waals surface area contributed by atoms with Crippen LogP contribution in [0.4, 0.5) is 0 Å². The third-order valence-corrected chi connectivity index (χ3v) is 6.60. The molecular formula is C24H25ClN4OS. The molecule has 0 atom stereocenters. The van der Waals surface area contributed by atoms with Crippen LogP contribution in [0.15, 0.2) is 60.7 Å². The Bertz CT molecular complexity index is 1170. The van der Waals surface area contributed by atoms with Gasteiger partial charge in [-0.25, -0.2) is 0 Å². The van der Waals surface area contributed by atoms with E-state index in [9.17, 15) is 4.79 Å². The van der Waals surface area contributed by atoms with E-state index in [0.717, 1.165) is 41.0 Å². The van der Waals surface area contributed by atoms with Gasteiger partial charge in [-0.1, -0.05) is 54.1 Å². The van der Waals surface area contributed by atoms with E-state index in [4.69, 9.17) is 11.6 Å². The molecule has 160 valence electrons. The molecule has 4 aromatic rings. The summed E-state index contributed by atoms with van der Waals surface area (Å²) in [4.78, 5) is 16.6. The van der Waals surface area contributed by atoms with Gasteiger partial charge in [0.25, 0.3) is 5.91 Å². The van der Waals surface area contributed by atoms with E-state index >= 15 is 0 Å². The van der Waals surface area contributed by atoms with Crippen molar-refractivity contribution >= 4 is 39.1 Å². The number of aromatic nitrogens is 2. The number of nitrogens with zero attached hydrogens (tertiary/aromatic N) is 3. The van der Waals surface area contributed by atoms with Crippen LogP contribution in [0.2, 0.25) is 5.02 Å². The molecule has 2 aromatic heterocycles. The van der Waals surface area contributed by atoms with Gasteiger partial charge in [0.15, 0.2) is 0 Å². The molecule has 0 saturated carbocycles. The van der Waals surface area contributed by atoms with Gasteiger partial charge in [0, 0.05) is 36.1 Å². The number of amides is 1. The minimum absolute atomic E-state index is 0.0334. The van der Waals surface area contributed by atoms with E-state index in [0.29, 0.717) is 16.4 Å². The van der Waals surface area contributed by atoms with Crippen molar-refractivity contribution in [1.29, 1.82) is 0 Å². The number of thiophene rings is 1. The number of hydrogen-bond donors (Lipinski definition) is 1. The molecule has 1 N–H and O–H groups in total. The molecule has 1 amide bonds. The van der Waals surface area contributed by atoms with Gasteiger partial charge >= 0.3 is 0 Å². The van der Waals surface area contributed by atoms with Crippen molar-refractivity contribution in [1.82, 2.24) is 20.0 Å². The lowest BCUT2D eigenvalue weighted by Crippen LogP contribution is -2.27. The molecule has 0 aliphatic rings. The Morgan fingerprint density at radius 2 is 1.90 bits per heavy atom. The number of benzene rings is 2. The van der Waals surface area contributed by atoms with Crippen LogP contribution in [0, 0.1) is 0 Å². The lowest BCUT2D eigenvalue weighted by atomic mass is 10.1. The van der Waals surface area contributed by atoms with Gasteiger partial charge in [0.05, 0.1) is 4.88 Å². The number of carbonyl (C=O) groups is 1. The molecule has 4 rings (SSSR count). The number of hydrogen-bond acceptors (Lipinski definition) is 4.